The summed E-state index contributed by atoms with van der Waals surface area (Å²) in [7, 11) is 0. The molecule has 0 aliphatic rings. The van der Waals surface area contributed by atoms with Crippen molar-refractivity contribution in [2.24, 2.45) is 5.92 Å². The van der Waals surface area contributed by atoms with Crippen LogP contribution in [0.4, 0.5) is 0 Å². The molecule has 0 spiro atoms. The first-order valence-electron chi connectivity index (χ1n) is 5.58. The number of carbonyl (C=O) groups excluding carboxylic acids is 1. The van der Waals surface area contributed by atoms with Crippen LogP contribution in [-0.4, -0.2) is 18.6 Å². The van der Waals surface area contributed by atoms with Crippen molar-refractivity contribution in [3.8, 4) is 0 Å². The van der Waals surface area contributed by atoms with Crippen molar-refractivity contribution in [2.45, 2.75) is 52.5 Å². The highest BCUT2D eigenvalue weighted by atomic mass is 16.5. The Balaban J connectivity index is 3.63. The van der Waals surface area contributed by atoms with Crippen molar-refractivity contribution in [2.75, 3.05) is 6.61 Å². The zero-order valence-electron chi connectivity index (χ0n) is 9.71. The topological polar surface area (TPSA) is 53.9 Å². The molecule has 2 atom stereocenters. The number of hydrogen-bond acceptors (Lipinski definition) is 2. The number of rotatable bonds is 7. The summed E-state index contributed by atoms with van der Waals surface area (Å²) in [5.74, 6) is 0.549. The lowest BCUT2D eigenvalue weighted by Crippen LogP contribution is -2.62. The van der Waals surface area contributed by atoms with Gasteiger partial charge in [0, 0.05) is 6.42 Å². The molecule has 0 heterocycles. The molecule has 0 saturated heterocycles. The van der Waals surface area contributed by atoms with E-state index < -0.39 is 0 Å². The second-order valence-electron chi connectivity index (χ2n) is 4.00. The molecular formula is C11H24NO2+. The van der Waals surface area contributed by atoms with Crippen LogP contribution in [-0.2, 0) is 9.53 Å². The number of carbonyl (C=O) groups is 1. The number of ether oxygens (including phenoxy) is 1. The second-order valence-corrected chi connectivity index (χ2v) is 4.00. The predicted molar refractivity (Wildman–Crippen MR) is 56.6 cm³/mol. The van der Waals surface area contributed by atoms with Crippen LogP contribution in [0.3, 0.4) is 0 Å². The van der Waals surface area contributed by atoms with Gasteiger partial charge >= 0.3 is 5.97 Å². The molecule has 3 N–H and O–H groups in total. The molecule has 0 aromatic heterocycles. The summed E-state index contributed by atoms with van der Waals surface area (Å²) in [6.07, 6.45) is 3.90. The van der Waals surface area contributed by atoms with Crippen molar-refractivity contribution in [3.05, 3.63) is 0 Å². The van der Waals surface area contributed by atoms with E-state index in [1.54, 1.807) is 0 Å². The SMILES string of the molecule is CCC[C@@H](C)C[C@H]([NH3+])CC(=O)OCC. The normalized spacial score (nSPS) is 14.9. The van der Waals surface area contributed by atoms with Crippen LogP contribution in [0.5, 0.6) is 0 Å². The van der Waals surface area contributed by atoms with E-state index in [0.29, 0.717) is 18.9 Å². The highest BCUT2D eigenvalue weighted by Gasteiger charge is 2.16. The van der Waals surface area contributed by atoms with Crippen molar-refractivity contribution >= 4 is 5.97 Å². The highest BCUT2D eigenvalue weighted by molar-refractivity contribution is 5.69. The van der Waals surface area contributed by atoms with Gasteiger partial charge in [0.15, 0.2) is 0 Å². The Hall–Kier alpha value is -0.570. The molecule has 0 fully saturated rings. The molecule has 0 aromatic carbocycles. The summed E-state index contributed by atoms with van der Waals surface area (Å²) >= 11 is 0. The smallest absolute Gasteiger partial charge is 0.311 e. The molecule has 3 heteroatoms. The summed E-state index contributed by atoms with van der Waals surface area (Å²) in [5, 5.41) is 0. The highest BCUT2D eigenvalue weighted by Crippen LogP contribution is 2.12. The van der Waals surface area contributed by atoms with Crippen LogP contribution in [0.1, 0.15) is 46.5 Å². The lowest BCUT2D eigenvalue weighted by molar-refractivity contribution is -0.422. The van der Waals surface area contributed by atoms with Crippen molar-refractivity contribution in [3.63, 3.8) is 0 Å². The minimum absolute atomic E-state index is 0.115. The summed E-state index contributed by atoms with van der Waals surface area (Å²) in [6, 6.07) is 0.204. The van der Waals surface area contributed by atoms with Crippen LogP contribution < -0.4 is 5.73 Å². The Labute approximate surface area is 87.0 Å². The van der Waals surface area contributed by atoms with Crippen LogP contribution in [0.25, 0.3) is 0 Å². The van der Waals surface area contributed by atoms with E-state index in [-0.39, 0.29) is 12.0 Å². The van der Waals surface area contributed by atoms with Gasteiger partial charge in [-0.2, -0.15) is 0 Å². The van der Waals surface area contributed by atoms with Crippen molar-refractivity contribution in [1.82, 2.24) is 0 Å². The van der Waals surface area contributed by atoms with Gasteiger partial charge < -0.3 is 10.5 Å². The second kappa shape index (κ2) is 7.80. The van der Waals surface area contributed by atoms with Crippen LogP contribution in [0.2, 0.25) is 0 Å². The van der Waals surface area contributed by atoms with Gasteiger partial charge in [-0.05, 0) is 12.8 Å². The quantitative estimate of drug-likeness (QED) is 0.634. The van der Waals surface area contributed by atoms with Crippen LogP contribution in [0.15, 0.2) is 0 Å². The van der Waals surface area contributed by atoms with Gasteiger partial charge in [-0.25, -0.2) is 0 Å². The molecule has 0 saturated carbocycles. The predicted octanol–water partition coefficient (Wildman–Crippen LogP) is 1.38. The third-order valence-electron chi connectivity index (χ3n) is 2.28. The van der Waals surface area contributed by atoms with Gasteiger partial charge in [-0.15, -0.1) is 0 Å². The van der Waals surface area contributed by atoms with Crippen LogP contribution >= 0.6 is 0 Å². The molecule has 0 unspecified atom stereocenters. The first-order valence-corrected chi connectivity index (χ1v) is 5.58. The van der Waals surface area contributed by atoms with Crippen molar-refractivity contribution in [1.29, 1.82) is 0 Å². The van der Waals surface area contributed by atoms with Gasteiger partial charge in [0.1, 0.15) is 0 Å². The first-order chi connectivity index (χ1) is 6.60. The molecule has 0 radical (unpaired) electrons. The average molecular weight is 202 g/mol. The van der Waals surface area contributed by atoms with E-state index in [1.165, 1.54) is 12.8 Å². The minimum Gasteiger partial charge on any atom is -0.466 e. The summed E-state index contributed by atoms with van der Waals surface area (Å²) < 4.78 is 4.88. The Morgan fingerprint density at radius 1 is 1.43 bits per heavy atom. The fraction of sp³-hybridized carbons (Fsp3) is 0.909. The Morgan fingerprint density at radius 2 is 2.07 bits per heavy atom. The molecule has 84 valence electrons. The molecule has 0 aliphatic heterocycles. The molecule has 0 aromatic rings. The number of quaternary nitrogens is 1. The Kier molecular flexibility index (Phi) is 7.48. The van der Waals surface area contributed by atoms with Crippen molar-refractivity contribution < 1.29 is 15.3 Å². The van der Waals surface area contributed by atoms with E-state index in [4.69, 9.17) is 4.74 Å². The van der Waals surface area contributed by atoms with Gasteiger partial charge in [-0.3, -0.25) is 4.79 Å². The molecular weight excluding hydrogens is 178 g/mol. The summed E-state index contributed by atoms with van der Waals surface area (Å²) in [6.45, 7) is 6.69. The van der Waals surface area contributed by atoms with Gasteiger partial charge in [0.2, 0.25) is 0 Å². The van der Waals surface area contributed by atoms with E-state index in [1.807, 2.05) is 6.92 Å². The fourth-order valence-electron chi connectivity index (χ4n) is 1.72. The van der Waals surface area contributed by atoms with E-state index in [9.17, 15) is 4.79 Å². The molecule has 0 bridgehead atoms. The summed E-state index contributed by atoms with van der Waals surface area (Å²) in [5.41, 5.74) is 3.98. The number of hydrogen-bond donors (Lipinski definition) is 1. The number of esters is 1. The lowest BCUT2D eigenvalue weighted by atomic mass is 9.96. The molecule has 0 aliphatic carbocycles. The maximum atomic E-state index is 11.1. The molecule has 0 rings (SSSR count). The monoisotopic (exact) mass is 202 g/mol. The largest absolute Gasteiger partial charge is 0.466 e. The van der Waals surface area contributed by atoms with Gasteiger partial charge in [0.25, 0.3) is 0 Å². The Bertz CT molecular complexity index is 159. The third-order valence-corrected chi connectivity index (χ3v) is 2.28. The van der Waals surface area contributed by atoms with Crippen LogP contribution in [0, 0.1) is 5.92 Å². The van der Waals surface area contributed by atoms with E-state index in [2.05, 4.69) is 19.6 Å². The fourth-order valence-corrected chi connectivity index (χ4v) is 1.72. The minimum atomic E-state index is -0.115. The van der Waals surface area contributed by atoms with Gasteiger partial charge in [-0.1, -0.05) is 26.7 Å². The van der Waals surface area contributed by atoms with E-state index >= 15 is 0 Å². The third kappa shape index (κ3) is 6.89. The standard InChI is InChI=1S/C11H23NO2/c1-4-6-9(3)7-10(12)8-11(13)14-5-2/h9-10H,4-8,12H2,1-3H3/p+1/t9-,10+/m1/s1. The maximum absolute atomic E-state index is 11.1. The molecule has 0 amide bonds. The maximum Gasteiger partial charge on any atom is 0.311 e. The van der Waals surface area contributed by atoms with Gasteiger partial charge in [0.05, 0.1) is 19.1 Å². The molecule has 3 nitrogen and oxygen atoms in total. The lowest BCUT2D eigenvalue weighted by Gasteiger charge is -2.13. The van der Waals surface area contributed by atoms with E-state index in [0.717, 1.165) is 6.42 Å². The zero-order valence-corrected chi connectivity index (χ0v) is 9.71. The Morgan fingerprint density at radius 3 is 2.57 bits per heavy atom. The first kappa shape index (κ1) is 13.4. The molecule has 14 heavy (non-hydrogen) atoms. The average Bonchev–Trinajstić information content (AvgIpc) is 2.03. The zero-order chi connectivity index (χ0) is 11.0. The summed E-state index contributed by atoms with van der Waals surface area (Å²) in [4.78, 5) is 11.1.